The summed E-state index contributed by atoms with van der Waals surface area (Å²) in [6, 6.07) is 28.4. The van der Waals surface area contributed by atoms with Crippen LogP contribution in [0.5, 0.6) is 5.75 Å². The highest BCUT2D eigenvalue weighted by atomic mass is 32.2. The zero-order chi connectivity index (χ0) is 29.8. The summed E-state index contributed by atoms with van der Waals surface area (Å²) in [6.45, 7) is 1.96. The minimum Gasteiger partial charge on any atom is -0.496 e. The summed E-state index contributed by atoms with van der Waals surface area (Å²) in [5, 5.41) is 6.17. The molecule has 0 aliphatic carbocycles. The highest BCUT2D eigenvalue weighted by Crippen LogP contribution is 2.35. The van der Waals surface area contributed by atoms with Gasteiger partial charge in [0.1, 0.15) is 17.1 Å². The minimum atomic E-state index is -0.559. The average Bonchev–Trinajstić information content (AvgIpc) is 3.01. The van der Waals surface area contributed by atoms with E-state index in [9.17, 15) is 14.4 Å². The third-order valence-corrected chi connectivity index (χ3v) is 7.50. The monoisotopic (exact) mass is 578 g/mol. The van der Waals surface area contributed by atoms with Crippen LogP contribution >= 0.6 is 11.9 Å². The van der Waals surface area contributed by atoms with Crippen LogP contribution in [0.4, 0.5) is 28.4 Å². The average molecular weight is 579 g/mol. The lowest BCUT2D eigenvalue weighted by Crippen LogP contribution is -2.35. The number of anilines is 5. The van der Waals surface area contributed by atoms with Crippen LogP contribution in [-0.2, 0) is 0 Å². The summed E-state index contributed by atoms with van der Waals surface area (Å²) < 4.78 is 8.93. The molecule has 0 saturated carbocycles. The van der Waals surface area contributed by atoms with E-state index in [0.717, 1.165) is 33.0 Å². The maximum Gasteiger partial charge on any atom is 0.253 e. The summed E-state index contributed by atoms with van der Waals surface area (Å²) in [5.41, 5.74) is 5.06. The Morgan fingerprint density at radius 1 is 0.738 bits per heavy atom. The Hall–Kier alpha value is -5.02. The van der Waals surface area contributed by atoms with Crippen LogP contribution in [-0.4, -0.2) is 32.0 Å². The Kier molecular flexibility index (Phi) is 8.31. The molecule has 0 fully saturated rings. The van der Waals surface area contributed by atoms with E-state index < -0.39 is 10.9 Å². The molecule has 0 unspecified atom stereocenters. The summed E-state index contributed by atoms with van der Waals surface area (Å²) >= 11 is 1.38. The summed E-state index contributed by atoms with van der Waals surface area (Å²) in [6.07, 6.45) is 0. The van der Waals surface area contributed by atoms with Crippen molar-refractivity contribution in [2.24, 2.45) is 0 Å². The number of aryl methyl sites for hydroxylation is 1. The van der Waals surface area contributed by atoms with E-state index in [4.69, 9.17) is 4.74 Å². The van der Waals surface area contributed by atoms with Crippen molar-refractivity contribution in [1.29, 1.82) is 0 Å². The summed E-state index contributed by atoms with van der Waals surface area (Å²) in [7, 11) is 5.08. The normalized spacial score (nSPS) is 10.8. The van der Waals surface area contributed by atoms with Crippen molar-refractivity contribution in [2.45, 2.75) is 11.8 Å². The standard InChI is InChI=1S/C33H30N4O4S/c1-20-8-5-11-24(16-20)34-29-30(32(39)31(29)38)35-25-12-7-13-26(19-25)36-42-28-18-22(14-15-27(28)41-4)21-9-6-10-23(17-21)33(40)37(2)3/h5-19,34-36H,1-4H3. The molecule has 1 amide bonds. The van der Waals surface area contributed by atoms with Crippen LogP contribution in [0.25, 0.3) is 11.1 Å². The van der Waals surface area contributed by atoms with Crippen LogP contribution in [0, 0.1) is 6.92 Å². The molecule has 0 aliphatic heterocycles. The predicted octanol–water partition coefficient (Wildman–Crippen LogP) is 6.57. The number of rotatable bonds is 10. The zero-order valence-electron chi connectivity index (χ0n) is 23.6. The van der Waals surface area contributed by atoms with E-state index >= 15 is 0 Å². The zero-order valence-corrected chi connectivity index (χ0v) is 24.5. The summed E-state index contributed by atoms with van der Waals surface area (Å²) in [4.78, 5) is 39.5. The lowest BCUT2D eigenvalue weighted by atomic mass is 10.0. The number of hydrogen-bond donors (Lipinski definition) is 3. The van der Waals surface area contributed by atoms with Crippen LogP contribution < -0.4 is 31.0 Å². The van der Waals surface area contributed by atoms with Gasteiger partial charge in [-0.25, -0.2) is 0 Å². The van der Waals surface area contributed by atoms with E-state index in [1.54, 1.807) is 32.2 Å². The highest BCUT2D eigenvalue weighted by molar-refractivity contribution is 8.00. The van der Waals surface area contributed by atoms with E-state index in [1.807, 2.05) is 91.9 Å². The molecule has 0 saturated heterocycles. The van der Waals surface area contributed by atoms with Crippen molar-refractivity contribution in [3.05, 3.63) is 123 Å². The maximum absolute atomic E-state index is 12.5. The Balaban J connectivity index is 1.32. The van der Waals surface area contributed by atoms with Gasteiger partial charge in [0.25, 0.3) is 16.8 Å². The second kappa shape index (κ2) is 12.2. The lowest BCUT2D eigenvalue weighted by Gasteiger charge is -2.16. The van der Waals surface area contributed by atoms with Crippen molar-refractivity contribution >= 4 is 46.3 Å². The molecule has 0 bridgehead atoms. The van der Waals surface area contributed by atoms with Crippen LogP contribution in [0.2, 0.25) is 0 Å². The molecule has 212 valence electrons. The molecule has 0 heterocycles. The molecule has 0 radical (unpaired) electrons. The van der Waals surface area contributed by atoms with Crippen molar-refractivity contribution in [3.8, 4) is 16.9 Å². The predicted molar refractivity (Wildman–Crippen MR) is 171 cm³/mol. The van der Waals surface area contributed by atoms with Gasteiger partial charge in [-0.3, -0.25) is 14.4 Å². The molecule has 0 atom stereocenters. The number of amides is 1. The molecule has 9 heteroatoms. The summed E-state index contributed by atoms with van der Waals surface area (Å²) in [5.74, 6) is 0.638. The van der Waals surface area contributed by atoms with Gasteiger partial charge in [0, 0.05) is 36.7 Å². The molecular formula is C33H30N4O4S. The van der Waals surface area contributed by atoms with Gasteiger partial charge in [0.2, 0.25) is 0 Å². The van der Waals surface area contributed by atoms with Gasteiger partial charge in [-0.1, -0.05) is 36.4 Å². The van der Waals surface area contributed by atoms with E-state index in [2.05, 4.69) is 15.4 Å². The first kappa shape index (κ1) is 28.5. The van der Waals surface area contributed by atoms with E-state index in [0.29, 0.717) is 17.0 Å². The first-order valence-corrected chi connectivity index (χ1v) is 14.0. The molecule has 0 aliphatic rings. The maximum atomic E-state index is 12.5. The van der Waals surface area contributed by atoms with Crippen LogP contribution in [0.1, 0.15) is 15.9 Å². The number of carbonyl (C=O) groups is 1. The van der Waals surface area contributed by atoms with Gasteiger partial charge in [-0.15, -0.1) is 0 Å². The number of nitrogens with zero attached hydrogens (tertiary/aromatic N) is 1. The molecule has 8 nitrogen and oxygen atoms in total. The quantitative estimate of drug-likeness (QED) is 0.126. The Bertz CT molecular complexity index is 1840. The Morgan fingerprint density at radius 2 is 1.36 bits per heavy atom. The molecule has 5 rings (SSSR count). The van der Waals surface area contributed by atoms with Crippen molar-refractivity contribution in [2.75, 3.05) is 36.6 Å². The number of hydrogen-bond acceptors (Lipinski definition) is 8. The Morgan fingerprint density at radius 3 is 2.02 bits per heavy atom. The largest absolute Gasteiger partial charge is 0.496 e. The smallest absolute Gasteiger partial charge is 0.253 e. The fraction of sp³-hybridized carbons (Fsp3) is 0.121. The molecule has 42 heavy (non-hydrogen) atoms. The molecular weight excluding hydrogens is 548 g/mol. The number of methoxy groups -OCH3 is 1. The van der Waals surface area contributed by atoms with E-state index in [-0.39, 0.29) is 17.3 Å². The number of nitrogens with one attached hydrogen (secondary N) is 3. The second-order valence-electron chi connectivity index (χ2n) is 9.96. The number of ether oxygens (including phenoxy) is 1. The molecule has 3 N–H and O–H groups in total. The number of benzene rings is 4. The van der Waals surface area contributed by atoms with Crippen molar-refractivity contribution < 1.29 is 9.53 Å². The fourth-order valence-corrected chi connectivity index (χ4v) is 5.23. The fourth-order valence-electron chi connectivity index (χ4n) is 4.44. The topological polar surface area (TPSA) is 99.8 Å². The SMILES string of the molecule is COc1ccc(-c2cccc(C(=O)N(C)C)c2)cc1SNc1cccc(Nc2c(Nc3cccc(C)c3)c(=O)c2=O)c1. The molecule has 0 aromatic heterocycles. The van der Waals surface area contributed by atoms with Crippen LogP contribution in [0.15, 0.2) is 105 Å². The third kappa shape index (κ3) is 6.16. The van der Waals surface area contributed by atoms with Crippen molar-refractivity contribution in [3.63, 3.8) is 0 Å². The first-order chi connectivity index (χ1) is 20.2. The molecule has 5 aromatic rings. The van der Waals surface area contributed by atoms with Crippen molar-refractivity contribution in [1.82, 2.24) is 4.90 Å². The minimum absolute atomic E-state index is 0.0584. The molecule has 5 aromatic carbocycles. The van der Waals surface area contributed by atoms with E-state index in [1.165, 1.54) is 11.9 Å². The number of carbonyl (C=O) groups excluding carboxylic acids is 1. The van der Waals surface area contributed by atoms with Gasteiger partial charge in [0.05, 0.1) is 12.0 Å². The highest BCUT2D eigenvalue weighted by Gasteiger charge is 2.21. The van der Waals surface area contributed by atoms with Gasteiger partial charge < -0.3 is 25.0 Å². The first-order valence-electron chi connectivity index (χ1n) is 13.2. The third-order valence-electron chi connectivity index (χ3n) is 6.62. The lowest BCUT2D eigenvalue weighted by molar-refractivity contribution is 0.0827. The van der Waals surface area contributed by atoms with Gasteiger partial charge in [-0.05, 0) is 90.2 Å². The van der Waals surface area contributed by atoms with Crippen LogP contribution in [0.3, 0.4) is 0 Å². The van der Waals surface area contributed by atoms with Gasteiger partial charge in [-0.2, -0.15) is 0 Å². The molecule has 0 spiro atoms. The van der Waals surface area contributed by atoms with Gasteiger partial charge in [0.15, 0.2) is 0 Å². The van der Waals surface area contributed by atoms with Gasteiger partial charge >= 0.3 is 0 Å². The Labute approximate surface area is 248 Å². The second-order valence-corrected chi connectivity index (χ2v) is 10.8.